The fourth-order valence-electron chi connectivity index (χ4n) is 3.13. The van der Waals surface area contributed by atoms with Gasteiger partial charge >= 0.3 is 11.8 Å². The molecule has 0 saturated carbocycles. The number of benzene rings is 2. The number of imidazole rings is 1. The van der Waals surface area contributed by atoms with E-state index in [1.165, 1.54) is 5.56 Å². The second kappa shape index (κ2) is 10.1. The van der Waals surface area contributed by atoms with Crippen molar-refractivity contribution >= 4 is 22.8 Å². The number of rotatable bonds is 8. The maximum atomic E-state index is 11.9. The number of nitrogens with zero attached hydrogens (tertiary/aromatic N) is 1. The van der Waals surface area contributed by atoms with E-state index >= 15 is 0 Å². The Morgan fingerprint density at radius 1 is 1.00 bits per heavy atom. The van der Waals surface area contributed by atoms with Gasteiger partial charge in [0.25, 0.3) is 0 Å². The first-order valence-electron chi connectivity index (χ1n) is 10.6. The maximum Gasteiger partial charge on any atom is 0.309 e. The Bertz CT molecular complexity index is 1000. The minimum absolute atomic E-state index is 0.0378. The van der Waals surface area contributed by atoms with Crippen molar-refractivity contribution < 1.29 is 14.3 Å². The molecule has 2 amide bonds. The van der Waals surface area contributed by atoms with Crippen LogP contribution >= 0.6 is 0 Å². The zero-order valence-electron chi connectivity index (χ0n) is 18.3. The number of H-pyrrole nitrogens is 1. The molecule has 3 rings (SSSR count). The number of amides is 2. The summed E-state index contributed by atoms with van der Waals surface area (Å²) >= 11 is 0. The second-order valence-corrected chi connectivity index (χ2v) is 8.44. The minimum Gasteiger partial charge on any atom is -0.492 e. The van der Waals surface area contributed by atoms with Crippen LogP contribution in [0.1, 0.15) is 38.6 Å². The molecular formula is C24H30N4O3. The number of carbonyl (C=O) groups is 2. The Hall–Kier alpha value is -3.35. The van der Waals surface area contributed by atoms with Crippen molar-refractivity contribution in [2.75, 3.05) is 19.7 Å². The van der Waals surface area contributed by atoms with E-state index in [1.807, 2.05) is 42.5 Å². The molecule has 0 aliphatic rings. The fourth-order valence-corrected chi connectivity index (χ4v) is 3.13. The maximum absolute atomic E-state index is 11.9. The van der Waals surface area contributed by atoms with Crippen LogP contribution in [0, 0.1) is 0 Å². The van der Waals surface area contributed by atoms with Gasteiger partial charge in [0.15, 0.2) is 0 Å². The summed E-state index contributed by atoms with van der Waals surface area (Å²) < 4.78 is 5.69. The number of hydrogen-bond donors (Lipinski definition) is 3. The van der Waals surface area contributed by atoms with Crippen molar-refractivity contribution in [3.8, 4) is 5.75 Å². The van der Waals surface area contributed by atoms with Crippen molar-refractivity contribution in [2.24, 2.45) is 0 Å². The predicted molar refractivity (Wildman–Crippen MR) is 121 cm³/mol. The number of nitrogens with one attached hydrogen (secondary N) is 3. The fraction of sp³-hybridized carbons (Fsp3) is 0.375. The number of hydrogen-bond acceptors (Lipinski definition) is 4. The molecule has 0 spiro atoms. The number of ether oxygens (including phenoxy) is 1. The Kier molecular flexibility index (Phi) is 7.28. The molecule has 1 heterocycles. The van der Waals surface area contributed by atoms with Gasteiger partial charge in [0.05, 0.1) is 17.6 Å². The van der Waals surface area contributed by atoms with E-state index in [4.69, 9.17) is 4.74 Å². The molecule has 0 bridgehead atoms. The molecule has 3 N–H and O–H groups in total. The molecule has 31 heavy (non-hydrogen) atoms. The first kappa shape index (κ1) is 22.3. The van der Waals surface area contributed by atoms with Crippen LogP contribution in [0.3, 0.4) is 0 Å². The average molecular weight is 423 g/mol. The Labute approximate surface area is 182 Å². The molecule has 0 unspecified atom stereocenters. The van der Waals surface area contributed by atoms with E-state index in [2.05, 4.69) is 47.4 Å². The lowest BCUT2D eigenvalue weighted by atomic mass is 9.87. The monoisotopic (exact) mass is 422 g/mol. The zero-order chi connectivity index (χ0) is 22.3. The first-order valence-corrected chi connectivity index (χ1v) is 10.6. The van der Waals surface area contributed by atoms with Crippen LogP contribution < -0.4 is 15.4 Å². The van der Waals surface area contributed by atoms with Crippen molar-refractivity contribution in [3.05, 3.63) is 59.9 Å². The molecule has 0 saturated heterocycles. The van der Waals surface area contributed by atoms with Crippen LogP contribution in [0.2, 0.25) is 0 Å². The van der Waals surface area contributed by atoms with Crippen LogP contribution in [-0.2, 0) is 21.4 Å². The van der Waals surface area contributed by atoms with Crippen molar-refractivity contribution in [2.45, 2.75) is 39.0 Å². The van der Waals surface area contributed by atoms with Crippen LogP contribution in [0.15, 0.2) is 48.5 Å². The van der Waals surface area contributed by atoms with Gasteiger partial charge in [0, 0.05) is 13.0 Å². The summed E-state index contributed by atoms with van der Waals surface area (Å²) in [6.07, 6.45) is 1.38. The van der Waals surface area contributed by atoms with Gasteiger partial charge in [-0.05, 0) is 41.7 Å². The topological polar surface area (TPSA) is 96.1 Å². The summed E-state index contributed by atoms with van der Waals surface area (Å²) in [5.41, 5.74) is 3.13. The van der Waals surface area contributed by atoms with Crippen molar-refractivity contribution in [1.29, 1.82) is 0 Å². The molecule has 2 aromatic carbocycles. The van der Waals surface area contributed by atoms with Gasteiger partial charge in [0.1, 0.15) is 18.2 Å². The summed E-state index contributed by atoms with van der Waals surface area (Å²) in [4.78, 5) is 31.6. The van der Waals surface area contributed by atoms with Crippen LogP contribution in [-0.4, -0.2) is 41.5 Å². The number of aromatic amines is 1. The van der Waals surface area contributed by atoms with Crippen LogP contribution in [0.25, 0.3) is 11.0 Å². The van der Waals surface area contributed by atoms with E-state index in [1.54, 1.807) is 0 Å². The molecule has 0 atom stereocenters. The molecule has 164 valence electrons. The third kappa shape index (κ3) is 6.57. The smallest absolute Gasteiger partial charge is 0.309 e. The van der Waals surface area contributed by atoms with E-state index in [0.29, 0.717) is 26.0 Å². The molecule has 0 radical (unpaired) electrons. The van der Waals surface area contributed by atoms with Gasteiger partial charge < -0.3 is 20.4 Å². The van der Waals surface area contributed by atoms with E-state index in [-0.39, 0.29) is 12.0 Å². The highest BCUT2D eigenvalue weighted by Gasteiger charge is 2.14. The number of fused-ring (bicyclic) bond motifs is 1. The lowest BCUT2D eigenvalue weighted by Crippen LogP contribution is -2.41. The summed E-state index contributed by atoms with van der Waals surface area (Å²) in [6.45, 7) is 7.37. The summed E-state index contributed by atoms with van der Waals surface area (Å²) in [5, 5.41) is 5.22. The predicted octanol–water partition coefficient (Wildman–Crippen LogP) is 3.10. The molecule has 7 nitrogen and oxygen atoms in total. The quantitative estimate of drug-likeness (QED) is 0.384. The highest BCUT2D eigenvalue weighted by Crippen LogP contribution is 2.25. The summed E-state index contributed by atoms with van der Waals surface area (Å²) in [6, 6.07) is 15.7. The average Bonchev–Trinajstić information content (AvgIpc) is 3.16. The van der Waals surface area contributed by atoms with Gasteiger partial charge in [-0.15, -0.1) is 0 Å². The van der Waals surface area contributed by atoms with Gasteiger partial charge in [-0.1, -0.05) is 45.0 Å². The minimum atomic E-state index is -0.657. The Morgan fingerprint density at radius 3 is 2.48 bits per heavy atom. The second-order valence-electron chi connectivity index (χ2n) is 8.44. The molecule has 3 aromatic rings. The van der Waals surface area contributed by atoms with Gasteiger partial charge in [-0.3, -0.25) is 9.59 Å². The molecule has 1 aromatic heterocycles. The summed E-state index contributed by atoms with van der Waals surface area (Å²) in [5.74, 6) is 0.319. The summed E-state index contributed by atoms with van der Waals surface area (Å²) in [7, 11) is 0. The standard InChI is InChI=1S/C24H30N4O3/c1-24(2,3)17-8-6-9-18(16-17)31-15-14-26-23(30)22(29)25-13-7-12-21-27-19-10-4-5-11-20(19)28-21/h4-6,8-11,16H,7,12-15H2,1-3H3,(H,25,29)(H,26,30)(H,27,28). The lowest BCUT2D eigenvalue weighted by Gasteiger charge is -2.19. The Morgan fingerprint density at radius 2 is 1.74 bits per heavy atom. The van der Waals surface area contributed by atoms with Gasteiger partial charge in [-0.25, -0.2) is 4.98 Å². The van der Waals surface area contributed by atoms with Crippen molar-refractivity contribution in [1.82, 2.24) is 20.6 Å². The first-order chi connectivity index (χ1) is 14.8. The zero-order valence-corrected chi connectivity index (χ0v) is 18.3. The van der Waals surface area contributed by atoms with Gasteiger partial charge in [0.2, 0.25) is 0 Å². The van der Waals surface area contributed by atoms with Crippen molar-refractivity contribution in [3.63, 3.8) is 0 Å². The SMILES string of the molecule is CC(C)(C)c1cccc(OCCNC(=O)C(=O)NCCCc2nc3ccccc3[nH]2)c1. The largest absolute Gasteiger partial charge is 0.492 e. The Balaban J connectivity index is 1.32. The normalized spacial score (nSPS) is 11.3. The molecule has 0 fully saturated rings. The number of para-hydroxylation sites is 2. The van der Waals surface area contributed by atoms with E-state index in [0.717, 1.165) is 22.6 Å². The molecule has 0 aliphatic heterocycles. The van der Waals surface area contributed by atoms with E-state index in [9.17, 15) is 9.59 Å². The molecular weight excluding hydrogens is 392 g/mol. The highest BCUT2D eigenvalue weighted by molar-refractivity contribution is 6.35. The van der Waals surface area contributed by atoms with Gasteiger partial charge in [-0.2, -0.15) is 0 Å². The highest BCUT2D eigenvalue weighted by atomic mass is 16.5. The third-order valence-corrected chi connectivity index (χ3v) is 4.88. The lowest BCUT2D eigenvalue weighted by molar-refractivity contribution is -0.139. The van der Waals surface area contributed by atoms with E-state index < -0.39 is 11.8 Å². The van der Waals surface area contributed by atoms with Crippen LogP contribution in [0.5, 0.6) is 5.75 Å². The number of carbonyl (C=O) groups excluding carboxylic acids is 2. The number of aryl methyl sites for hydroxylation is 1. The van der Waals surface area contributed by atoms with Crippen LogP contribution in [0.4, 0.5) is 0 Å². The molecule has 7 heteroatoms. The molecule has 0 aliphatic carbocycles. The third-order valence-electron chi connectivity index (χ3n) is 4.88. The number of aromatic nitrogens is 2.